The molecule has 7 nitrogen and oxygen atoms in total. The predicted molar refractivity (Wildman–Crippen MR) is 73.8 cm³/mol. The number of carbonyl (C=O) groups is 1. The molecule has 0 radical (unpaired) electrons. The summed E-state index contributed by atoms with van der Waals surface area (Å²) < 4.78 is 6.56. The molecule has 1 N–H and O–H groups in total. The number of carbonyl (C=O) groups excluding carboxylic acids is 1. The Labute approximate surface area is 119 Å². The zero-order valence-corrected chi connectivity index (χ0v) is 12.1. The first-order valence-corrected chi connectivity index (χ1v) is 6.66. The smallest absolute Gasteiger partial charge is 0.413 e. The number of nitrogens with zero attached hydrogens (tertiary/aromatic N) is 4. The molecule has 0 saturated heterocycles. The molecule has 8 heteroatoms. The number of ether oxygens (including phenoxy) is 1. The molecule has 1 amide bonds. The third-order valence-electron chi connectivity index (χ3n) is 2.11. The number of hydrogen-bond acceptors (Lipinski definition) is 6. The van der Waals surface area contributed by atoms with E-state index in [0.717, 1.165) is 0 Å². The summed E-state index contributed by atoms with van der Waals surface area (Å²) in [6.45, 7) is 5.28. The molecule has 0 unspecified atom stereocenters. The van der Waals surface area contributed by atoms with E-state index in [1.807, 2.05) is 6.07 Å². The van der Waals surface area contributed by atoms with Crippen molar-refractivity contribution in [1.82, 2.24) is 14.8 Å². The highest BCUT2D eigenvalue weighted by Crippen LogP contribution is 2.21. The van der Waals surface area contributed by atoms with Crippen LogP contribution in [0.4, 0.5) is 10.6 Å². The van der Waals surface area contributed by atoms with Crippen molar-refractivity contribution in [1.29, 1.82) is 5.26 Å². The van der Waals surface area contributed by atoms with E-state index < -0.39 is 11.7 Å². The van der Waals surface area contributed by atoms with E-state index in [9.17, 15) is 4.79 Å². The van der Waals surface area contributed by atoms with Gasteiger partial charge in [-0.05, 0) is 20.8 Å². The average molecular weight is 291 g/mol. The van der Waals surface area contributed by atoms with Crippen LogP contribution in [0.1, 0.15) is 26.3 Å². The van der Waals surface area contributed by atoms with Gasteiger partial charge in [-0.25, -0.2) is 9.78 Å². The fraction of sp³-hybridized carbons (Fsp3) is 0.333. The average Bonchev–Trinajstić information content (AvgIpc) is 2.94. The number of hydrogen-bond donors (Lipinski definition) is 1. The van der Waals surface area contributed by atoms with Crippen LogP contribution in [0.2, 0.25) is 0 Å². The number of rotatable bonds is 2. The topological polar surface area (TPSA) is 92.8 Å². The molecule has 0 saturated carbocycles. The molecule has 0 spiro atoms. The minimum atomic E-state index is -0.646. The summed E-state index contributed by atoms with van der Waals surface area (Å²) in [5.74, 6) is 0.247. The fourth-order valence-corrected chi connectivity index (χ4v) is 2.02. The SMILES string of the molecule is CC(C)(C)OC(=O)Nc1c(C#N)cnn1-c1nccs1. The van der Waals surface area contributed by atoms with Crippen molar-refractivity contribution < 1.29 is 9.53 Å². The third kappa shape index (κ3) is 3.13. The van der Waals surface area contributed by atoms with E-state index >= 15 is 0 Å². The van der Waals surface area contributed by atoms with Gasteiger partial charge in [0, 0.05) is 11.6 Å². The zero-order valence-electron chi connectivity index (χ0n) is 11.2. The number of amides is 1. The van der Waals surface area contributed by atoms with Crippen LogP contribution in [-0.4, -0.2) is 26.5 Å². The Bertz CT molecular complexity index is 648. The number of nitriles is 1. The van der Waals surface area contributed by atoms with Gasteiger partial charge in [0.25, 0.3) is 0 Å². The molecule has 0 aromatic carbocycles. The van der Waals surface area contributed by atoms with Crippen molar-refractivity contribution in [3.05, 3.63) is 23.3 Å². The highest BCUT2D eigenvalue weighted by atomic mass is 32.1. The van der Waals surface area contributed by atoms with Gasteiger partial charge < -0.3 is 4.74 Å². The van der Waals surface area contributed by atoms with Crippen molar-refractivity contribution >= 4 is 23.2 Å². The molecule has 0 aliphatic heterocycles. The van der Waals surface area contributed by atoms with E-state index in [4.69, 9.17) is 10.00 Å². The lowest BCUT2D eigenvalue weighted by Gasteiger charge is -2.19. The maximum absolute atomic E-state index is 11.8. The Hall–Kier alpha value is -2.40. The number of nitrogens with one attached hydrogen (secondary N) is 1. The molecule has 2 aromatic rings. The predicted octanol–water partition coefficient (Wildman–Crippen LogP) is 2.55. The third-order valence-corrected chi connectivity index (χ3v) is 2.86. The highest BCUT2D eigenvalue weighted by Gasteiger charge is 2.21. The van der Waals surface area contributed by atoms with Crippen molar-refractivity contribution in [3.63, 3.8) is 0 Å². The maximum atomic E-state index is 11.8. The van der Waals surface area contributed by atoms with Gasteiger partial charge >= 0.3 is 6.09 Å². The van der Waals surface area contributed by atoms with Crippen LogP contribution in [0.5, 0.6) is 0 Å². The molecule has 2 heterocycles. The summed E-state index contributed by atoms with van der Waals surface area (Å²) in [6.07, 6.45) is 2.34. The van der Waals surface area contributed by atoms with Crippen LogP contribution in [0.25, 0.3) is 5.13 Å². The number of aromatic nitrogens is 3. The molecule has 104 valence electrons. The van der Waals surface area contributed by atoms with Gasteiger partial charge in [-0.2, -0.15) is 15.0 Å². The molecular formula is C12H13N5O2S. The number of thiazole rings is 1. The van der Waals surface area contributed by atoms with Crippen LogP contribution in [0.15, 0.2) is 17.8 Å². The van der Waals surface area contributed by atoms with Gasteiger partial charge in [0.1, 0.15) is 17.2 Å². The van der Waals surface area contributed by atoms with Gasteiger partial charge in [0.2, 0.25) is 5.13 Å². The fourth-order valence-electron chi connectivity index (χ4n) is 1.42. The van der Waals surface area contributed by atoms with Crippen molar-refractivity contribution in [2.75, 3.05) is 5.32 Å². The van der Waals surface area contributed by atoms with Crippen molar-refractivity contribution in [2.24, 2.45) is 0 Å². The van der Waals surface area contributed by atoms with E-state index in [-0.39, 0.29) is 11.4 Å². The Morgan fingerprint density at radius 1 is 1.55 bits per heavy atom. The molecule has 0 atom stereocenters. The second-order valence-corrected chi connectivity index (χ2v) is 5.75. The Morgan fingerprint density at radius 3 is 2.85 bits per heavy atom. The van der Waals surface area contributed by atoms with E-state index in [1.54, 1.807) is 32.3 Å². The molecule has 0 aliphatic rings. The van der Waals surface area contributed by atoms with Crippen LogP contribution in [-0.2, 0) is 4.74 Å². The van der Waals surface area contributed by atoms with E-state index in [2.05, 4.69) is 15.4 Å². The monoisotopic (exact) mass is 291 g/mol. The lowest BCUT2D eigenvalue weighted by Crippen LogP contribution is -2.28. The summed E-state index contributed by atoms with van der Waals surface area (Å²) in [4.78, 5) is 15.9. The second-order valence-electron chi connectivity index (χ2n) is 4.87. The molecule has 2 rings (SSSR count). The normalized spacial score (nSPS) is 10.9. The van der Waals surface area contributed by atoms with Crippen molar-refractivity contribution in [3.8, 4) is 11.2 Å². The van der Waals surface area contributed by atoms with E-state index in [1.165, 1.54) is 22.2 Å². The quantitative estimate of drug-likeness (QED) is 0.917. The molecule has 2 aromatic heterocycles. The summed E-state index contributed by atoms with van der Waals surface area (Å²) in [6, 6.07) is 1.97. The molecule has 0 bridgehead atoms. The van der Waals surface area contributed by atoms with Gasteiger partial charge in [-0.15, -0.1) is 11.3 Å². The summed E-state index contributed by atoms with van der Waals surface area (Å²) in [7, 11) is 0. The molecule has 0 aliphatic carbocycles. The van der Waals surface area contributed by atoms with Gasteiger partial charge in [-0.1, -0.05) is 0 Å². The summed E-state index contributed by atoms with van der Waals surface area (Å²) >= 11 is 1.34. The van der Waals surface area contributed by atoms with Crippen LogP contribution in [0.3, 0.4) is 0 Å². The standard InChI is InChI=1S/C12H13N5O2S/c1-12(2,3)19-11(18)16-9-8(6-13)7-15-17(9)10-14-4-5-20-10/h4-5,7H,1-3H3,(H,16,18). The Morgan fingerprint density at radius 2 is 2.30 bits per heavy atom. The lowest BCUT2D eigenvalue weighted by atomic mass is 10.2. The first-order valence-electron chi connectivity index (χ1n) is 5.79. The van der Waals surface area contributed by atoms with Crippen LogP contribution < -0.4 is 5.32 Å². The molecule has 20 heavy (non-hydrogen) atoms. The van der Waals surface area contributed by atoms with Gasteiger partial charge in [-0.3, -0.25) is 5.32 Å². The van der Waals surface area contributed by atoms with Gasteiger partial charge in [0.05, 0.1) is 6.20 Å². The minimum absolute atomic E-state index is 0.242. The minimum Gasteiger partial charge on any atom is -0.444 e. The number of anilines is 1. The van der Waals surface area contributed by atoms with Gasteiger partial charge in [0.15, 0.2) is 5.82 Å². The van der Waals surface area contributed by atoms with Crippen molar-refractivity contribution in [2.45, 2.75) is 26.4 Å². The van der Waals surface area contributed by atoms with Crippen LogP contribution in [0, 0.1) is 11.3 Å². The zero-order chi connectivity index (χ0) is 14.8. The second kappa shape index (κ2) is 5.30. The van der Waals surface area contributed by atoms with Crippen LogP contribution >= 0.6 is 11.3 Å². The largest absolute Gasteiger partial charge is 0.444 e. The Balaban J connectivity index is 2.29. The highest BCUT2D eigenvalue weighted by molar-refractivity contribution is 7.12. The summed E-state index contributed by atoms with van der Waals surface area (Å²) in [5, 5.41) is 18.0. The van der Waals surface area contributed by atoms with E-state index in [0.29, 0.717) is 5.13 Å². The Kier molecular flexibility index (Phi) is 3.72. The lowest BCUT2D eigenvalue weighted by molar-refractivity contribution is 0.0635. The molecule has 0 fully saturated rings. The maximum Gasteiger partial charge on any atom is 0.413 e. The summed E-state index contributed by atoms with van der Waals surface area (Å²) in [5.41, 5.74) is -0.380. The first kappa shape index (κ1) is 14.0. The molecular weight excluding hydrogens is 278 g/mol. The first-order chi connectivity index (χ1) is 9.40.